The third-order valence-electron chi connectivity index (χ3n) is 3.62. The van der Waals surface area contributed by atoms with E-state index in [2.05, 4.69) is 5.32 Å². The zero-order chi connectivity index (χ0) is 15.4. The summed E-state index contributed by atoms with van der Waals surface area (Å²) in [6.07, 6.45) is 1.77. The van der Waals surface area contributed by atoms with Crippen LogP contribution in [0.2, 0.25) is 0 Å². The monoisotopic (exact) mass is 294 g/mol. The van der Waals surface area contributed by atoms with E-state index in [0.717, 1.165) is 5.56 Å². The molecule has 0 aliphatic carbocycles. The van der Waals surface area contributed by atoms with Gasteiger partial charge in [-0.05, 0) is 43.9 Å². The van der Waals surface area contributed by atoms with Crippen LogP contribution in [0.5, 0.6) is 0 Å². The van der Waals surface area contributed by atoms with Crippen LogP contribution in [0.3, 0.4) is 0 Å². The zero-order valence-electron chi connectivity index (χ0n) is 11.9. The topological polar surface area (TPSA) is 69.6 Å². The molecule has 1 fully saturated rings. The summed E-state index contributed by atoms with van der Waals surface area (Å²) in [5.74, 6) is -1.26. The molecule has 1 saturated heterocycles. The molecule has 1 aromatic carbocycles. The molecule has 114 valence electrons. The molecule has 2 rings (SSSR count). The molecular weight excluding hydrogens is 275 g/mol. The van der Waals surface area contributed by atoms with Crippen LogP contribution in [0.4, 0.5) is 9.18 Å². The molecule has 21 heavy (non-hydrogen) atoms. The molecule has 1 aliphatic heterocycles. The van der Waals surface area contributed by atoms with Crippen molar-refractivity contribution in [3.05, 3.63) is 35.6 Å². The van der Waals surface area contributed by atoms with Crippen molar-refractivity contribution in [2.75, 3.05) is 6.54 Å². The van der Waals surface area contributed by atoms with Crippen molar-refractivity contribution in [2.45, 2.75) is 38.3 Å². The van der Waals surface area contributed by atoms with Crippen LogP contribution in [-0.4, -0.2) is 40.6 Å². The average molecular weight is 294 g/mol. The fourth-order valence-electron chi connectivity index (χ4n) is 2.59. The van der Waals surface area contributed by atoms with E-state index < -0.39 is 12.0 Å². The maximum Gasteiger partial charge on any atom is 0.326 e. The van der Waals surface area contributed by atoms with Gasteiger partial charge in [-0.3, -0.25) is 0 Å². The summed E-state index contributed by atoms with van der Waals surface area (Å²) >= 11 is 0. The van der Waals surface area contributed by atoms with Crippen LogP contribution in [0.25, 0.3) is 0 Å². The molecule has 0 aromatic heterocycles. The first kappa shape index (κ1) is 15.3. The number of urea groups is 1. The third-order valence-corrected chi connectivity index (χ3v) is 3.62. The SMILES string of the molecule is CC(Cc1ccc(F)cc1)NC(=O)N1CCC[C@@H]1C(=O)O. The van der Waals surface area contributed by atoms with Gasteiger partial charge in [0, 0.05) is 12.6 Å². The number of hydrogen-bond donors (Lipinski definition) is 2. The largest absolute Gasteiger partial charge is 0.480 e. The Labute approximate surface area is 122 Å². The molecule has 0 spiro atoms. The Kier molecular flexibility index (Phi) is 4.77. The van der Waals surface area contributed by atoms with Gasteiger partial charge in [-0.1, -0.05) is 12.1 Å². The molecule has 6 heteroatoms. The highest BCUT2D eigenvalue weighted by atomic mass is 19.1. The first-order valence-corrected chi connectivity index (χ1v) is 7.01. The number of hydrogen-bond acceptors (Lipinski definition) is 2. The molecule has 1 aliphatic rings. The molecule has 2 N–H and O–H groups in total. The van der Waals surface area contributed by atoms with Crippen LogP contribution in [-0.2, 0) is 11.2 Å². The first-order valence-electron chi connectivity index (χ1n) is 7.01. The second kappa shape index (κ2) is 6.56. The summed E-state index contributed by atoms with van der Waals surface area (Å²) < 4.78 is 12.8. The molecule has 1 unspecified atom stereocenters. The number of carbonyl (C=O) groups is 2. The molecule has 0 saturated carbocycles. The lowest BCUT2D eigenvalue weighted by molar-refractivity contribution is -0.141. The van der Waals surface area contributed by atoms with E-state index in [1.165, 1.54) is 17.0 Å². The van der Waals surface area contributed by atoms with Crippen molar-refractivity contribution in [3.8, 4) is 0 Å². The van der Waals surface area contributed by atoms with Gasteiger partial charge in [-0.25, -0.2) is 14.0 Å². The van der Waals surface area contributed by atoms with Crippen molar-refractivity contribution in [2.24, 2.45) is 0 Å². The number of carbonyl (C=O) groups excluding carboxylic acids is 1. The number of carboxylic acid groups (broad SMARTS) is 1. The highest BCUT2D eigenvalue weighted by Gasteiger charge is 2.34. The Balaban J connectivity index is 1.90. The summed E-state index contributed by atoms with van der Waals surface area (Å²) in [6.45, 7) is 2.30. The van der Waals surface area contributed by atoms with Gasteiger partial charge in [0.1, 0.15) is 11.9 Å². The predicted octanol–water partition coefficient (Wildman–Crippen LogP) is 2.02. The second-order valence-electron chi connectivity index (χ2n) is 5.37. The number of nitrogens with zero attached hydrogens (tertiary/aromatic N) is 1. The Morgan fingerprint density at radius 1 is 1.43 bits per heavy atom. The number of aliphatic carboxylic acids is 1. The van der Waals surface area contributed by atoms with E-state index in [1.54, 1.807) is 12.1 Å². The Morgan fingerprint density at radius 2 is 2.10 bits per heavy atom. The fraction of sp³-hybridized carbons (Fsp3) is 0.467. The molecular formula is C15H19FN2O3. The molecule has 1 aromatic rings. The van der Waals surface area contributed by atoms with Crippen molar-refractivity contribution in [1.29, 1.82) is 0 Å². The highest BCUT2D eigenvalue weighted by molar-refractivity contribution is 5.83. The van der Waals surface area contributed by atoms with E-state index in [1.807, 2.05) is 6.92 Å². The summed E-state index contributed by atoms with van der Waals surface area (Å²) in [7, 11) is 0. The van der Waals surface area contributed by atoms with Gasteiger partial charge in [0.25, 0.3) is 0 Å². The maximum atomic E-state index is 12.8. The van der Waals surface area contributed by atoms with Crippen molar-refractivity contribution in [1.82, 2.24) is 10.2 Å². The third kappa shape index (κ3) is 3.93. The minimum Gasteiger partial charge on any atom is -0.480 e. The standard InChI is InChI=1S/C15H19FN2O3/c1-10(9-11-4-6-12(16)7-5-11)17-15(21)18-8-2-3-13(18)14(19)20/h4-7,10,13H,2-3,8-9H2,1H3,(H,17,21)(H,19,20)/t10?,13-/m1/s1. The van der Waals surface area contributed by atoms with Crippen LogP contribution >= 0.6 is 0 Å². The lowest BCUT2D eigenvalue weighted by Crippen LogP contribution is -2.48. The van der Waals surface area contributed by atoms with Gasteiger partial charge in [0.15, 0.2) is 0 Å². The Morgan fingerprint density at radius 3 is 2.71 bits per heavy atom. The molecule has 2 amide bonds. The smallest absolute Gasteiger partial charge is 0.326 e. The quantitative estimate of drug-likeness (QED) is 0.892. The highest BCUT2D eigenvalue weighted by Crippen LogP contribution is 2.17. The van der Waals surface area contributed by atoms with Crippen LogP contribution in [0, 0.1) is 5.82 Å². The fourth-order valence-corrected chi connectivity index (χ4v) is 2.59. The van der Waals surface area contributed by atoms with E-state index >= 15 is 0 Å². The minimum absolute atomic E-state index is 0.155. The zero-order valence-corrected chi connectivity index (χ0v) is 11.9. The number of halogens is 1. The minimum atomic E-state index is -0.964. The Bertz CT molecular complexity index is 518. The van der Waals surface area contributed by atoms with Crippen molar-refractivity contribution in [3.63, 3.8) is 0 Å². The van der Waals surface area contributed by atoms with Crippen molar-refractivity contribution < 1.29 is 19.1 Å². The lowest BCUT2D eigenvalue weighted by Gasteiger charge is -2.24. The van der Waals surface area contributed by atoms with E-state index in [-0.39, 0.29) is 17.9 Å². The van der Waals surface area contributed by atoms with Gasteiger partial charge < -0.3 is 15.3 Å². The summed E-state index contributed by atoms with van der Waals surface area (Å²) in [5.41, 5.74) is 0.917. The summed E-state index contributed by atoms with van der Waals surface area (Å²) in [4.78, 5) is 24.5. The van der Waals surface area contributed by atoms with Crippen LogP contribution in [0.1, 0.15) is 25.3 Å². The van der Waals surface area contributed by atoms with Gasteiger partial charge in [0.2, 0.25) is 0 Å². The summed E-state index contributed by atoms with van der Waals surface area (Å²) in [5, 5.41) is 11.9. The van der Waals surface area contributed by atoms with Crippen molar-refractivity contribution >= 4 is 12.0 Å². The number of rotatable bonds is 4. The van der Waals surface area contributed by atoms with Gasteiger partial charge >= 0.3 is 12.0 Å². The number of nitrogens with one attached hydrogen (secondary N) is 1. The van der Waals surface area contributed by atoms with Crippen LogP contribution in [0.15, 0.2) is 24.3 Å². The predicted molar refractivity (Wildman–Crippen MR) is 75.5 cm³/mol. The number of likely N-dealkylation sites (tertiary alicyclic amines) is 1. The lowest BCUT2D eigenvalue weighted by atomic mass is 10.1. The molecule has 5 nitrogen and oxygen atoms in total. The summed E-state index contributed by atoms with van der Waals surface area (Å²) in [6, 6.07) is 4.87. The molecule has 2 atom stereocenters. The maximum absolute atomic E-state index is 12.8. The molecule has 0 radical (unpaired) electrons. The Hall–Kier alpha value is -2.11. The average Bonchev–Trinajstić information content (AvgIpc) is 2.91. The van der Waals surface area contributed by atoms with Crippen LogP contribution < -0.4 is 5.32 Å². The number of benzene rings is 1. The van der Waals surface area contributed by atoms with Gasteiger partial charge in [-0.15, -0.1) is 0 Å². The molecule has 0 bridgehead atoms. The van der Waals surface area contributed by atoms with Gasteiger partial charge in [0.05, 0.1) is 0 Å². The van der Waals surface area contributed by atoms with E-state index in [9.17, 15) is 14.0 Å². The normalized spacial score (nSPS) is 19.3. The first-order chi connectivity index (χ1) is 9.97. The van der Waals surface area contributed by atoms with Gasteiger partial charge in [-0.2, -0.15) is 0 Å². The number of amides is 2. The second-order valence-corrected chi connectivity index (χ2v) is 5.37. The van der Waals surface area contributed by atoms with E-state index in [4.69, 9.17) is 5.11 Å². The molecule has 1 heterocycles. The number of carboxylic acids is 1. The van der Waals surface area contributed by atoms with E-state index in [0.29, 0.717) is 25.8 Å².